The van der Waals surface area contributed by atoms with Crippen molar-refractivity contribution in [1.29, 1.82) is 0 Å². The molecule has 2 fully saturated rings. The summed E-state index contributed by atoms with van der Waals surface area (Å²) in [5.74, 6) is 0.253. The lowest BCUT2D eigenvalue weighted by Crippen LogP contribution is -2.50. The van der Waals surface area contributed by atoms with Gasteiger partial charge in [-0.25, -0.2) is 0 Å². The SMILES string of the molecule is CC(C)N1CCC(NC(=O)C2CCCCCC2N)CC1. The fourth-order valence-corrected chi connectivity index (χ4v) is 3.53. The molecule has 1 heterocycles. The van der Waals surface area contributed by atoms with E-state index in [2.05, 4.69) is 24.1 Å². The highest BCUT2D eigenvalue weighted by Gasteiger charge is 2.29. The molecule has 0 bridgehead atoms. The molecule has 116 valence electrons. The predicted octanol–water partition coefficient (Wildman–Crippen LogP) is 1.88. The average Bonchev–Trinajstić information content (AvgIpc) is 2.64. The Morgan fingerprint density at radius 2 is 1.75 bits per heavy atom. The molecule has 0 aromatic carbocycles. The van der Waals surface area contributed by atoms with E-state index in [9.17, 15) is 4.79 Å². The summed E-state index contributed by atoms with van der Waals surface area (Å²) in [4.78, 5) is 14.9. The first-order valence-electron chi connectivity index (χ1n) is 8.38. The Kier molecular flexibility index (Phi) is 5.85. The third-order valence-electron chi connectivity index (χ3n) is 5.01. The largest absolute Gasteiger partial charge is 0.353 e. The van der Waals surface area contributed by atoms with Gasteiger partial charge in [-0.15, -0.1) is 0 Å². The summed E-state index contributed by atoms with van der Waals surface area (Å²) in [5, 5.41) is 3.26. The van der Waals surface area contributed by atoms with Gasteiger partial charge in [0, 0.05) is 31.2 Å². The van der Waals surface area contributed by atoms with Crippen LogP contribution in [0.15, 0.2) is 0 Å². The fourth-order valence-electron chi connectivity index (χ4n) is 3.53. The van der Waals surface area contributed by atoms with Crippen LogP contribution in [0.3, 0.4) is 0 Å². The number of likely N-dealkylation sites (tertiary alicyclic amines) is 1. The Hall–Kier alpha value is -0.610. The minimum absolute atomic E-state index is 0.0422. The third-order valence-corrected chi connectivity index (χ3v) is 5.01. The summed E-state index contributed by atoms with van der Waals surface area (Å²) >= 11 is 0. The summed E-state index contributed by atoms with van der Waals surface area (Å²) in [6, 6.07) is 1.03. The van der Waals surface area contributed by atoms with Crippen LogP contribution in [-0.2, 0) is 4.79 Å². The average molecular weight is 281 g/mol. The highest BCUT2D eigenvalue weighted by molar-refractivity contribution is 5.79. The molecule has 3 N–H and O–H groups in total. The number of carbonyl (C=O) groups excluding carboxylic acids is 1. The molecule has 0 radical (unpaired) electrons. The number of nitrogens with zero attached hydrogens (tertiary/aromatic N) is 1. The normalized spacial score (nSPS) is 30.2. The smallest absolute Gasteiger partial charge is 0.224 e. The van der Waals surface area contributed by atoms with Gasteiger partial charge in [-0.2, -0.15) is 0 Å². The minimum atomic E-state index is 0.0422. The molecular formula is C16H31N3O. The minimum Gasteiger partial charge on any atom is -0.353 e. The first-order valence-corrected chi connectivity index (χ1v) is 8.38. The maximum Gasteiger partial charge on any atom is 0.224 e. The van der Waals surface area contributed by atoms with Crippen molar-refractivity contribution in [2.24, 2.45) is 11.7 Å². The van der Waals surface area contributed by atoms with Crippen LogP contribution in [0.2, 0.25) is 0 Å². The van der Waals surface area contributed by atoms with Gasteiger partial charge >= 0.3 is 0 Å². The number of hydrogen-bond donors (Lipinski definition) is 2. The van der Waals surface area contributed by atoms with Gasteiger partial charge in [0.25, 0.3) is 0 Å². The van der Waals surface area contributed by atoms with Gasteiger partial charge in [0.05, 0.1) is 5.92 Å². The third kappa shape index (κ3) is 4.19. The van der Waals surface area contributed by atoms with Gasteiger partial charge in [0.15, 0.2) is 0 Å². The zero-order valence-electron chi connectivity index (χ0n) is 13.1. The summed E-state index contributed by atoms with van der Waals surface area (Å²) in [6.45, 7) is 6.67. The number of hydrogen-bond acceptors (Lipinski definition) is 3. The van der Waals surface area contributed by atoms with Crippen molar-refractivity contribution in [1.82, 2.24) is 10.2 Å². The van der Waals surface area contributed by atoms with Crippen LogP contribution in [0.5, 0.6) is 0 Å². The Morgan fingerprint density at radius 1 is 1.10 bits per heavy atom. The maximum atomic E-state index is 12.4. The monoisotopic (exact) mass is 281 g/mol. The van der Waals surface area contributed by atoms with Crippen LogP contribution in [0.1, 0.15) is 58.8 Å². The van der Waals surface area contributed by atoms with Gasteiger partial charge in [0.2, 0.25) is 5.91 Å². The van der Waals surface area contributed by atoms with E-state index in [0.717, 1.165) is 45.2 Å². The van der Waals surface area contributed by atoms with Crippen LogP contribution in [-0.4, -0.2) is 42.0 Å². The molecule has 1 aliphatic carbocycles. The van der Waals surface area contributed by atoms with E-state index in [4.69, 9.17) is 5.73 Å². The van der Waals surface area contributed by atoms with E-state index in [1.807, 2.05) is 0 Å². The van der Waals surface area contributed by atoms with Crippen molar-refractivity contribution in [3.63, 3.8) is 0 Å². The van der Waals surface area contributed by atoms with Crippen molar-refractivity contribution in [2.75, 3.05) is 13.1 Å². The lowest BCUT2D eigenvalue weighted by molar-refractivity contribution is -0.126. The van der Waals surface area contributed by atoms with Crippen molar-refractivity contribution in [2.45, 2.75) is 76.9 Å². The number of nitrogens with two attached hydrogens (primary N) is 1. The van der Waals surface area contributed by atoms with E-state index in [0.29, 0.717) is 12.1 Å². The van der Waals surface area contributed by atoms with Crippen molar-refractivity contribution < 1.29 is 4.79 Å². The van der Waals surface area contributed by atoms with E-state index in [1.165, 1.54) is 12.8 Å². The number of nitrogens with one attached hydrogen (secondary N) is 1. The molecule has 1 saturated carbocycles. The number of carbonyl (C=O) groups is 1. The summed E-state index contributed by atoms with van der Waals surface area (Å²) in [5.41, 5.74) is 6.18. The van der Waals surface area contributed by atoms with Crippen molar-refractivity contribution >= 4 is 5.91 Å². The number of piperidine rings is 1. The first kappa shape index (κ1) is 15.8. The van der Waals surface area contributed by atoms with E-state index in [-0.39, 0.29) is 17.9 Å². The zero-order valence-corrected chi connectivity index (χ0v) is 13.1. The highest BCUT2D eigenvalue weighted by Crippen LogP contribution is 2.23. The maximum absolute atomic E-state index is 12.4. The van der Waals surface area contributed by atoms with Gasteiger partial charge in [-0.3, -0.25) is 4.79 Å². The molecule has 4 heteroatoms. The van der Waals surface area contributed by atoms with Crippen LogP contribution in [0, 0.1) is 5.92 Å². The summed E-state index contributed by atoms with van der Waals surface area (Å²) in [7, 11) is 0. The number of amides is 1. The standard InChI is InChI=1S/C16H31N3O/c1-12(2)19-10-8-13(9-11-19)18-16(20)14-6-4-3-5-7-15(14)17/h12-15H,3-11,17H2,1-2H3,(H,18,20). The fraction of sp³-hybridized carbons (Fsp3) is 0.938. The van der Waals surface area contributed by atoms with Crippen LogP contribution in [0.4, 0.5) is 0 Å². The molecule has 2 rings (SSSR count). The molecule has 0 spiro atoms. The lowest BCUT2D eigenvalue weighted by Gasteiger charge is -2.35. The van der Waals surface area contributed by atoms with Gasteiger partial charge in [-0.05, 0) is 39.5 Å². The molecule has 1 saturated heterocycles. The Balaban J connectivity index is 1.79. The highest BCUT2D eigenvalue weighted by atomic mass is 16.2. The molecular weight excluding hydrogens is 250 g/mol. The Bertz CT molecular complexity index is 311. The summed E-state index contributed by atoms with van der Waals surface area (Å²) < 4.78 is 0. The van der Waals surface area contributed by atoms with Gasteiger partial charge in [-0.1, -0.05) is 19.3 Å². The van der Waals surface area contributed by atoms with Crippen molar-refractivity contribution in [3.05, 3.63) is 0 Å². The molecule has 2 atom stereocenters. The quantitative estimate of drug-likeness (QED) is 0.777. The predicted molar refractivity (Wildman–Crippen MR) is 82.4 cm³/mol. The molecule has 1 amide bonds. The van der Waals surface area contributed by atoms with E-state index >= 15 is 0 Å². The van der Waals surface area contributed by atoms with Crippen LogP contribution < -0.4 is 11.1 Å². The second kappa shape index (κ2) is 7.41. The molecule has 20 heavy (non-hydrogen) atoms. The molecule has 4 nitrogen and oxygen atoms in total. The van der Waals surface area contributed by atoms with Crippen molar-refractivity contribution in [3.8, 4) is 0 Å². The first-order chi connectivity index (χ1) is 9.58. The second-order valence-electron chi connectivity index (χ2n) is 6.82. The molecule has 1 aliphatic heterocycles. The summed E-state index contributed by atoms with van der Waals surface area (Å²) in [6.07, 6.45) is 7.68. The topological polar surface area (TPSA) is 58.4 Å². The second-order valence-corrected chi connectivity index (χ2v) is 6.82. The molecule has 0 aromatic heterocycles. The van der Waals surface area contributed by atoms with Gasteiger partial charge < -0.3 is 16.0 Å². The van der Waals surface area contributed by atoms with E-state index in [1.54, 1.807) is 0 Å². The number of rotatable bonds is 3. The molecule has 2 unspecified atom stereocenters. The van der Waals surface area contributed by atoms with Gasteiger partial charge in [0.1, 0.15) is 0 Å². The van der Waals surface area contributed by atoms with E-state index < -0.39 is 0 Å². The molecule has 2 aliphatic rings. The van der Waals surface area contributed by atoms with Crippen LogP contribution in [0.25, 0.3) is 0 Å². The Morgan fingerprint density at radius 3 is 2.40 bits per heavy atom. The zero-order chi connectivity index (χ0) is 14.5. The molecule has 0 aromatic rings. The van der Waals surface area contributed by atoms with Crippen LogP contribution >= 0.6 is 0 Å². The lowest BCUT2D eigenvalue weighted by atomic mass is 9.93. The Labute approximate surface area is 123 Å².